The number of benzene rings is 2. The normalized spacial score (nSPS) is 12.0. The van der Waals surface area contributed by atoms with Crippen LogP contribution in [0, 0.1) is 0 Å². The molecule has 1 unspecified atom stereocenters. The Morgan fingerprint density at radius 1 is 0.952 bits per heavy atom. The quantitative estimate of drug-likeness (QED) is 0.620. The zero-order valence-electron chi connectivity index (χ0n) is 12.0. The third-order valence-corrected chi connectivity index (χ3v) is 9.97. The van der Waals surface area contributed by atoms with Crippen LogP contribution < -0.4 is 10.1 Å². The summed E-state index contributed by atoms with van der Waals surface area (Å²) in [5.41, 5.74) is 8.90. The number of nitrogens with two attached hydrogens (primary N) is 1. The zero-order valence-corrected chi connectivity index (χ0v) is 15.0. The minimum atomic E-state index is -2.84. The number of rotatable bonds is 6. The summed E-state index contributed by atoms with van der Waals surface area (Å²) in [5, 5.41) is 0. The summed E-state index contributed by atoms with van der Waals surface area (Å²) >= 11 is -0.592. The summed E-state index contributed by atoms with van der Waals surface area (Å²) in [6, 6.07) is 16.2. The molecule has 21 heavy (non-hydrogen) atoms. The Labute approximate surface area is 133 Å². The summed E-state index contributed by atoms with van der Waals surface area (Å²) in [4.78, 5) is 0. The summed E-state index contributed by atoms with van der Waals surface area (Å²) in [7, 11) is -2.84. The van der Waals surface area contributed by atoms with Gasteiger partial charge in [0.2, 0.25) is 0 Å². The van der Waals surface area contributed by atoms with Crippen molar-refractivity contribution in [2.45, 2.75) is 13.3 Å². The molecule has 0 amide bonds. The Kier molecular flexibility index (Phi) is 5.49. The Balaban J connectivity index is 1.97. The van der Waals surface area contributed by atoms with Crippen molar-refractivity contribution in [3.05, 3.63) is 59.7 Å². The first-order valence-electron chi connectivity index (χ1n) is 6.86. The van der Waals surface area contributed by atoms with Crippen LogP contribution in [-0.4, -0.2) is 34.5 Å². The van der Waals surface area contributed by atoms with E-state index in [1.165, 1.54) is 15.5 Å². The van der Waals surface area contributed by atoms with E-state index in [9.17, 15) is 8.42 Å². The summed E-state index contributed by atoms with van der Waals surface area (Å²) in [6.45, 7) is 1.71. The van der Waals surface area contributed by atoms with Crippen LogP contribution in [0.3, 0.4) is 0 Å². The molecule has 0 spiro atoms. The van der Waals surface area contributed by atoms with E-state index in [-0.39, 0.29) is 5.75 Å². The van der Waals surface area contributed by atoms with Gasteiger partial charge in [0.1, 0.15) is 0 Å². The van der Waals surface area contributed by atoms with Crippen molar-refractivity contribution in [1.82, 2.24) is 0 Å². The molecule has 0 aliphatic heterocycles. The van der Waals surface area contributed by atoms with E-state index in [1.807, 2.05) is 24.3 Å². The van der Waals surface area contributed by atoms with Crippen molar-refractivity contribution in [3.63, 3.8) is 0 Å². The second-order valence-corrected chi connectivity index (χ2v) is 11.1. The fourth-order valence-electron chi connectivity index (χ4n) is 1.91. The molecule has 112 valence electrons. The van der Waals surface area contributed by atoms with Gasteiger partial charge in [-0.15, -0.1) is 0 Å². The minimum absolute atomic E-state index is 0.242. The molecule has 0 aliphatic rings. The predicted octanol–water partition coefficient (Wildman–Crippen LogP) is 1.31. The van der Waals surface area contributed by atoms with Crippen molar-refractivity contribution < 1.29 is 8.42 Å². The maximum atomic E-state index is 11.5. The Morgan fingerprint density at radius 2 is 1.48 bits per heavy atom. The topological polar surface area (TPSA) is 60.2 Å². The van der Waals surface area contributed by atoms with Crippen LogP contribution in [0.2, 0.25) is 0 Å². The first kappa shape index (κ1) is 16.1. The molecule has 0 aliphatic carbocycles. The van der Waals surface area contributed by atoms with Gasteiger partial charge in [-0.05, 0) is 0 Å². The van der Waals surface area contributed by atoms with Gasteiger partial charge < -0.3 is 0 Å². The predicted molar refractivity (Wildman–Crippen MR) is 91.2 cm³/mol. The van der Waals surface area contributed by atoms with Gasteiger partial charge in [-0.2, -0.15) is 0 Å². The fraction of sp³-hybridized carbons (Fsp3) is 0.250. The summed E-state index contributed by atoms with van der Waals surface area (Å²) in [5.74, 6) is 0.242. The molecule has 2 rings (SSSR count). The SMILES string of the molecule is CCS(=O)(=O)C[AsH]c1ccc(Cc2ccc(N)cc2)cc1. The molecule has 0 bridgehead atoms. The van der Waals surface area contributed by atoms with Gasteiger partial charge in [-0.1, -0.05) is 0 Å². The molecule has 0 saturated heterocycles. The van der Waals surface area contributed by atoms with E-state index in [0.29, 0.717) is 4.54 Å². The van der Waals surface area contributed by atoms with E-state index in [1.54, 1.807) is 6.92 Å². The zero-order chi connectivity index (χ0) is 15.3. The van der Waals surface area contributed by atoms with Crippen LogP contribution in [0.1, 0.15) is 18.1 Å². The van der Waals surface area contributed by atoms with Crippen molar-refractivity contribution >= 4 is 35.6 Å². The van der Waals surface area contributed by atoms with E-state index >= 15 is 0 Å². The average molecular weight is 365 g/mol. The van der Waals surface area contributed by atoms with Crippen molar-refractivity contribution in [3.8, 4) is 0 Å². The first-order chi connectivity index (χ1) is 9.98. The molecule has 2 aromatic carbocycles. The first-order valence-corrected chi connectivity index (χ1v) is 11.2. The van der Waals surface area contributed by atoms with Crippen LogP contribution in [0.15, 0.2) is 48.5 Å². The molecule has 0 radical (unpaired) electrons. The van der Waals surface area contributed by atoms with Crippen LogP contribution in [0.5, 0.6) is 0 Å². The van der Waals surface area contributed by atoms with Gasteiger partial charge in [0.25, 0.3) is 0 Å². The van der Waals surface area contributed by atoms with Crippen molar-refractivity contribution in [2.75, 3.05) is 16.0 Å². The standard InChI is InChI=1S/C16H20AsNO2S/c1-2-21(19,20)12-17-15-7-3-13(4-8-15)11-14-5-9-16(18)10-6-14/h3-10,17H,2,11-12,18H2,1H3. The number of hydrogen-bond acceptors (Lipinski definition) is 3. The van der Waals surface area contributed by atoms with Gasteiger partial charge in [0, 0.05) is 0 Å². The molecular formula is C16H20AsNO2S. The monoisotopic (exact) mass is 365 g/mol. The number of anilines is 1. The Bertz CT molecular complexity index is 679. The molecule has 0 saturated carbocycles. The molecule has 0 fully saturated rings. The molecule has 3 nitrogen and oxygen atoms in total. The van der Waals surface area contributed by atoms with Crippen LogP contribution in [0.25, 0.3) is 0 Å². The average Bonchev–Trinajstić information content (AvgIpc) is 2.49. The molecule has 2 aromatic rings. The van der Waals surface area contributed by atoms with Gasteiger partial charge >= 0.3 is 133 Å². The van der Waals surface area contributed by atoms with E-state index < -0.39 is 25.6 Å². The third kappa shape index (κ3) is 5.22. The second kappa shape index (κ2) is 7.15. The second-order valence-electron chi connectivity index (χ2n) is 4.97. The van der Waals surface area contributed by atoms with Crippen molar-refractivity contribution in [2.24, 2.45) is 0 Å². The van der Waals surface area contributed by atoms with Gasteiger partial charge in [-0.3, -0.25) is 0 Å². The summed E-state index contributed by atoms with van der Waals surface area (Å²) < 4.78 is 24.6. The van der Waals surface area contributed by atoms with Gasteiger partial charge in [0.05, 0.1) is 0 Å². The Morgan fingerprint density at radius 3 is 2.00 bits per heavy atom. The fourth-order valence-corrected chi connectivity index (χ4v) is 7.06. The molecule has 0 heterocycles. The summed E-state index contributed by atoms with van der Waals surface area (Å²) in [6.07, 6.45) is 0.869. The van der Waals surface area contributed by atoms with Crippen LogP contribution in [0.4, 0.5) is 5.69 Å². The van der Waals surface area contributed by atoms with E-state index in [0.717, 1.165) is 12.1 Å². The van der Waals surface area contributed by atoms with Gasteiger partial charge in [-0.25, -0.2) is 0 Å². The molecule has 2 N–H and O–H groups in total. The number of nitrogen functional groups attached to an aromatic ring is 1. The number of sulfone groups is 1. The molecule has 0 aromatic heterocycles. The van der Waals surface area contributed by atoms with E-state index in [2.05, 4.69) is 24.3 Å². The third-order valence-electron chi connectivity index (χ3n) is 3.28. The molecular weight excluding hydrogens is 345 g/mol. The molecule has 1 atom stereocenters. The van der Waals surface area contributed by atoms with Crippen LogP contribution in [-0.2, 0) is 16.3 Å². The maximum absolute atomic E-state index is 11.5. The Hall–Kier alpha value is -1.25. The molecule has 5 heteroatoms. The van der Waals surface area contributed by atoms with Crippen molar-refractivity contribution in [1.29, 1.82) is 0 Å². The number of hydrogen-bond donors (Lipinski definition) is 1. The van der Waals surface area contributed by atoms with Gasteiger partial charge in [0.15, 0.2) is 0 Å². The van der Waals surface area contributed by atoms with Crippen LogP contribution >= 0.6 is 0 Å². The van der Waals surface area contributed by atoms with E-state index in [4.69, 9.17) is 5.73 Å².